The van der Waals surface area contributed by atoms with E-state index < -0.39 is 22.1 Å². The molecule has 0 aromatic heterocycles. The summed E-state index contributed by atoms with van der Waals surface area (Å²) in [6.07, 6.45) is 0. The van der Waals surface area contributed by atoms with Crippen LogP contribution >= 0.6 is 0 Å². The van der Waals surface area contributed by atoms with Crippen LogP contribution in [-0.4, -0.2) is 29.1 Å². The Labute approximate surface area is 107 Å². The molecule has 8 heteroatoms. The van der Waals surface area contributed by atoms with Gasteiger partial charge in [-0.2, -0.15) is 10.5 Å². The molecule has 0 heterocycles. The largest absolute Gasteiger partial charge is 0.477 e. The Morgan fingerprint density at radius 2 is 1.95 bits per heavy atom. The molecule has 0 atom stereocenters. The number of benzene rings is 1. The summed E-state index contributed by atoms with van der Waals surface area (Å²) in [5.74, 6) is -1.44. The highest BCUT2D eigenvalue weighted by Crippen LogP contribution is 2.24. The third-order valence-electron chi connectivity index (χ3n) is 2.30. The number of hydrogen-bond donors (Lipinski definition) is 1. The van der Waals surface area contributed by atoms with Crippen LogP contribution in [0.2, 0.25) is 0 Å². The third-order valence-corrected chi connectivity index (χ3v) is 2.30. The molecule has 0 aliphatic heterocycles. The van der Waals surface area contributed by atoms with Crippen molar-refractivity contribution in [2.75, 3.05) is 18.0 Å². The van der Waals surface area contributed by atoms with Crippen molar-refractivity contribution in [2.24, 2.45) is 0 Å². The molecule has 0 spiro atoms. The summed E-state index contributed by atoms with van der Waals surface area (Å²) >= 11 is 0. The van der Waals surface area contributed by atoms with Crippen LogP contribution in [0.4, 0.5) is 11.4 Å². The fourth-order valence-electron chi connectivity index (χ4n) is 1.46. The standard InChI is InChI=1S/C11H8N4O4/c12-3-5-14(6-4-13)8-1-2-10(15(18)19)9(7-8)11(16)17/h1-2,7H,5-6H2,(H,16,17). The fourth-order valence-corrected chi connectivity index (χ4v) is 1.46. The van der Waals surface area contributed by atoms with Crippen molar-refractivity contribution in [2.45, 2.75) is 0 Å². The molecule has 1 aromatic carbocycles. The van der Waals surface area contributed by atoms with E-state index in [4.69, 9.17) is 15.6 Å². The molecule has 0 aliphatic rings. The lowest BCUT2D eigenvalue weighted by molar-refractivity contribution is -0.385. The molecule has 0 fully saturated rings. The predicted octanol–water partition coefficient (Wildman–Crippen LogP) is 1.15. The van der Waals surface area contributed by atoms with Crippen LogP contribution in [0.1, 0.15) is 10.4 Å². The van der Waals surface area contributed by atoms with Gasteiger partial charge in [-0.05, 0) is 12.1 Å². The second-order valence-electron chi connectivity index (χ2n) is 3.44. The lowest BCUT2D eigenvalue weighted by atomic mass is 10.1. The number of hydrogen-bond acceptors (Lipinski definition) is 6. The Morgan fingerprint density at radius 3 is 2.37 bits per heavy atom. The van der Waals surface area contributed by atoms with Gasteiger partial charge in [0, 0.05) is 11.8 Å². The van der Waals surface area contributed by atoms with Crippen LogP contribution in [0, 0.1) is 32.8 Å². The van der Waals surface area contributed by atoms with Gasteiger partial charge in [0.25, 0.3) is 5.69 Å². The zero-order valence-corrected chi connectivity index (χ0v) is 9.61. The van der Waals surface area contributed by atoms with E-state index in [0.717, 1.165) is 12.1 Å². The van der Waals surface area contributed by atoms with Crippen molar-refractivity contribution >= 4 is 17.3 Å². The summed E-state index contributed by atoms with van der Waals surface area (Å²) in [4.78, 5) is 22.2. The first kappa shape index (κ1) is 13.9. The van der Waals surface area contributed by atoms with Crippen LogP contribution in [0.15, 0.2) is 18.2 Å². The van der Waals surface area contributed by atoms with Gasteiger partial charge in [-0.3, -0.25) is 10.1 Å². The topological polar surface area (TPSA) is 131 Å². The fraction of sp³-hybridized carbons (Fsp3) is 0.182. The van der Waals surface area contributed by atoms with E-state index in [-0.39, 0.29) is 18.8 Å². The van der Waals surface area contributed by atoms with E-state index in [9.17, 15) is 14.9 Å². The third kappa shape index (κ3) is 3.17. The lowest BCUT2D eigenvalue weighted by Crippen LogP contribution is -2.24. The van der Waals surface area contributed by atoms with Crippen molar-refractivity contribution in [1.82, 2.24) is 0 Å². The van der Waals surface area contributed by atoms with E-state index in [1.807, 2.05) is 12.1 Å². The first-order valence-corrected chi connectivity index (χ1v) is 5.01. The quantitative estimate of drug-likeness (QED) is 0.477. The summed E-state index contributed by atoms with van der Waals surface area (Å²) in [6.45, 7) is -0.241. The van der Waals surface area contributed by atoms with Crippen molar-refractivity contribution in [1.29, 1.82) is 10.5 Å². The number of carbonyl (C=O) groups is 1. The monoisotopic (exact) mass is 260 g/mol. The average Bonchev–Trinajstić information content (AvgIpc) is 2.37. The molecule has 0 saturated carbocycles. The first-order chi connectivity index (χ1) is 9.01. The minimum absolute atomic E-state index is 0.121. The highest BCUT2D eigenvalue weighted by Gasteiger charge is 2.21. The van der Waals surface area contributed by atoms with Gasteiger partial charge in [0.2, 0.25) is 0 Å². The van der Waals surface area contributed by atoms with Gasteiger partial charge in [-0.25, -0.2) is 4.79 Å². The highest BCUT2D eigenvalue weighted by molar-refractivity contribution is 5.93. The van der Waals surface area contributed by atoms with Crippen molar-refractivity contribution < 1.29 is 14.8 Å². The van der Waals surface area contributed by atoms with Crippen LogP contribution in [0.3, 0.4) is 0 Å². The van der Waals surface area contributed by atoms with E-state index in [1.165, 1.54) is 11.0 Å². The molecule has 0 radical (unpaired) electrons. The number of aromatic carboxylic acids is 1. The van der Waals surface area contributed by atoms with E-state index in [2.05, 4.69) is 0 Å². The molecule has 0 saturated heterocycles. The van der Waals surface area contributed by atoms with Crippen LogP contribution in [0.25, 0.3) is 0 Å². The van der Waals surface area contributed by atoms with Gasteiger partial charge in [0.05, 0.1) is 17.1 Å². The maximum atomic E-state index is 11.0. The maximum absolute atomic E-state index is 11.0. The molecule has 19 heavy (non-hydrogen) atoms. The normalized spacial score (nSPS) is 9.16. The minimum Gasteiger partial charge on any atom is -0.477 e. The molecule has 8 nitrogen and oxygen atoms in total. The Morgan fingerprint density at radius 1 is 1.37 bits per heavy atom. The van der Waals surface area contributed by atoms with Crippen molar-refractivity contribution in [3.05, 3.63) is 33.9 Å². The first-order valence-electron chi connectivity index (χ1n) is 5.01. The molecular formula is C11H8N4O4. The van der Waals surface area contributed by atoms with Gasteiger partial charge in [0.1, 0.15) is 18.7 Å². The number of nitro benzene ring substituents is 1. The van der Waals surface area contributed by atoms with Gasteiger partial charge >= 0.3 is 5.97 Å². The number of nitrogens with zero attached hydrogens (tertiary/aromatic N) is 4. The summed E-state index contributed by atoms with van der Waals surface area (Å²) in [5.41, 5.74) is -0.750. The highest BCUT2D eigenvalue weighted by atomic mass is 16.6. The minimum atomic E-state index is -1.44. The number of nitro groups is 1. The van der Waals surface area contributed by atoms with Gasteiger partial charge in [0.15, 0.2) is 0 Å². The van der Waals surface area contributed by atoms with Crippen LogP contribution < -0.4 is 4.90 Å². The van der Waals surface area contributed by atoms with Gasteiger partial charge in [-0.1, -0.05) is 0 Å². The van der Waals surface area contributed by atoms with Gasteiger partial charge < -0.3 is 10.0 Å². The molecule has 96 valence electrons. The van der Waals surface area contributed by atoms with E-state index >= 15 is 0 Å². The summed E-state index contributed by atoms with van der Waals surface area (Å²) < 4.78 is 0. The average molecular weight is 260 g/mol. The molecule has 1 N–H and O–H groups in total. The van der Waals surface area contributed by atoms with E-state index in [1.54, 1.807) is 0 Å². The zero-order chi connectivity index (χ0) is 14.4. The second-order valence-corrected chi connectivity index (χ2v) is 3.44. The summed E-state index contributed by atoms with van der Waals surface area (Å²) in [6, 6.07) is 7.09. The number of rotatable bonds is 5. The van der Waals surface area contributed by atoms with Gasteiger partial charge in [-0.15, -0.1) is 0 Å². The number of carboxylic acids is 1. The van der Waals surface area contributed by atoms with Crippen LogP contribution in [0.5, 0.6) is 0 Å². The zero-order valence-electron chi connectivity index (χ0n) is 9.61. The Bertz CT molecular complexity index is 584. The van der Waals surface area contributed by atoms with Crippen molar-refractivity contribution in [3.8, 4) is 12.1 Å². The maximum Gasteiger partial charge on any atom is 0.342 e. The van der Waals surface area contributed by atoms with Crippen molar-refractivity contribution in [3.63, 3.8) is 0 Å². The SMILES string of the molecule is N#CCN(CC#N)c1ccc([N+](=O)[O-])c(C(=O)O)c1. The lowest BCUT2D eigenvalue weighted by Gasteiger charge is -2.18. The molecule has 1 rings (SSSR count). The second kappa shape index (κ2) is 5.98. The van der Waals surface area contributed by atoms with Crippen LogP contribution in [-0.2, 0) is 0 Å². The molecular weight excluding hydrogens is 252 g/mol. The molecule has 0 unspecified atom stereocenters. The summed E-state index contributed by atoms with van der Waals surface area (Å²) in [7, 11) is 0. The van der Waals surface area contributed by atoms with E-state index in [0.29, 0.717) is 0 Å². The summed E-state index contributed by atoms with van der Waals surface area (Å²) in [5, 5.41) is 36.9. The Hall–Kier alpha value is -3.13. The number of anilines is 1. The molecule has 0 amide bonds. The molecule has 0 aliphatic carbocycles. The molecule has 1 aromatic rings. The Kier molecular flexibility index (Phi) is 4.39. The Balaban J connectivity index is 3.28. The number of nitriles is 2. The smallest absolute Gasteiger partial charge is 0.342 e. The predicted molar refractivity (Wildman–Crippen MR) is 63.5 cm³/mol. The number of carboxylic acid groups (broad SMARTS) is 1. The molecule has 0 bridgehead atoms.